The lowest BCUT2D eigenvalue weighted by atomic mass is 10.0. The van der Waals surface area contributed by atoms with E-state index >= 15 is 0 Å². The molecule has 0 atom stereocenters. The van der Waals surface area contributed by atoms with Crippen molar-refractivity contribution in [3.63, 3.8) is 0 Å². The highest BCUT2D eigenvalue weighted by Gasteiger charge is 2.23. The number of phenols is 1. The van der Waals surface area contributed by atoms with E-state index in [9.17, 15) is 5.11 Å². The highest BCUT2D eigenvalue weighted by molar-refractivity contribution is 5.86. The van der Waals surface area contributed by atoms with Crippen LogP contribution in [0, 0.1) is 0 Å². The number of nitrogens with two attached hydrogens (primary N) is 1. The normalized spacial score (nSPS) is 13.1. The zero-order valence-corrected chi connectivity index (χ0v) is 12.7. The Balaban J connectivity index is 2.02. The van der Waals surface area contributed by atoms with Gasteiger partial charge in [0.05, 0.1) is 11.4 Å². The first-order valence-electron chi connectivity index (χ1n) is 7.79. The Bertz CT molecular complexity index is 826. The molecule has 114 valence electrons. The number of benzene rings is 3. The van der Waals surface area contributed by atoms with E-state index in [4.69, 9.17) is 5.73 Å². The van der Waals surface area contributed by atoms with E-state index in [1.165, 1.54) is 11.1 Å². The number of phenolic OH excluding ortho intramolecular Hbond substituents is 1. The minimum atomic E-state index is 0.124. The number of nitrogen functional groups attached to an aromatic ring is 1. The third-order valence-electron chi connectivity index (χ3n) is 4.42. The van der Waals surface area contributed by atoms with Crippen molar-refractivity contribution < 1.29 is 5.11 Å². The van der Waals surface area contributed by atoms with Crippen molar-refractivity contribution in [2.24, 2.45) is 0 Å². The average molecular weight is 302 g/mol. The van der Waals surface area contributed by atoms with E-state index in [0.717, 1.165) is 24.2 Å². The Kier molecular flexibility index (Phi) is 3.19. The van der Waals surface area contributed by atoms with Gasteiger partial charge in [-0.15, -0.1) is 0 Å². The molecule has 0 fully saturated rings. The second kappa shape index (κ2) is 5.36. The Morgan fingerprint density at radius 1 is 0.696 bits per heavy atom. The Morgan fingerprint density at radius 3 is 1.83 bits per heavy atom. The summed E-state index contributed by atoms with van der Waals surface area (Å²) in [5.41, 5.74) is 11.8. The van der Waals surface area contributed by atoms with Crippen molar-refractivity contribution in [2.45, 2.75) is 12.8 Å². The summed E-state index contributed by atoms with van der Waals surface area (Å²) < 4.78 is 0. The number of hydrogen-bond donors (Lipinski definition) is 2. The Morgan fingerprint density at radius 2 is 1.22 bits per heavy atom. The molecule has 0 unspecified atom stereocenters. The molecule has 0 spiro atoms. The predicted octanol–water partition coefficient (Wildman–Crippen LogP) is 4.54. The van der Waals surface area contributed by atoms with Crippen molar-refractivity contribution in [1.82, 2.24) is 0 Å². The molecule has 0 aromatic heterocycles. The van der Waals surface area contributed by atoms with Crippen LogP contribution in [0.25, 0.3) is 0 Å². The first-order chi connectivity index (χ1) is 11.3. The number of para-hydroxylation sites is 3. The highest BCUT2D eigenvalue weighted by atomic mass is 16.3. The van der Waals surface area contributed by atoms with Gasteiger partial charge in [-0.05, 0) is 48.2 Å². The van der Waals surface area contributed by atoms with Crippen molar-refractivity contribution in [3.8, 4) is 5.75 Å². The van der Waals surface area contributed by atoms with Gasteiger partial charge in [-0.25, -0.2) is 0 Å². The van der Waals surface area contributed by atoms with E-state index in [1.807, 2.05) is 24.3 Å². The van der Waals surface area contributed by atoms with Gasteiger partial charge < -0.3 is 15.7 Å². The summed E-state index contributed by atoms with van der Waals surface area (Å²) in [6, 6.07) is 22.2. The van der Waals surface area contributed by atoms with E-state index < -0.39 is 0 Å². The number of rotatable bonds is 1. The van der Waals surface area contributed by atoms with Gasteiger partial charge in [-0.3, -0.25) is 0 Å². The van der Waals surface area contributed by atoms with E-state index in [0.29, 0.717) is 11.4 Å². The smallest absolute Gasteiger partial charge is 0.162 e. The molecule has 3 aromatic carbocycles. The predicted molar refractivity (Wildman–Crippen MR) is 94.6 cm³/mol. The quantitative estimate of drug-likeness (QED) is 0.512. The maximum Gasteiger partial charge on any atom is 0.162 e. The molecule has 0 amide bonds. The monoisotopic (exact) mass is 302 g/mol. The Labute approximate surface area is 135 Å². The molecule has 0 aliphatic carbocycles. The lowest BCUT2D eigenvalue weighted by Crippen LogP contribution is -2.12. The van der Waals surface area contributed by atoms with Crippen molar-refractivity contribution in [1.29, 1.82) is 0 Å². The fourth-order valence-corrected chi connectivity index (χ4v) is 3.27. The third-order valence-corrected chi connectivity index (χ3v) is 4.42. The van der Waals surface area contributed by atoms with Crippen LogP contribution >= 0.6 is 0 Å². The molecule has 0 saturated carbocycles. The summed E-state index contributed by atoms with van der Waals surface area (Å²) in [7, 11) is 0. The lowest BCUT2D eigenvalue weighted by molar-refractivity contribution is 0.479. The molecule has 3 heteroatoms. The summed E-state index contributed by atoms with van der Waals surface area (Å²) in [6.07, 6.45) is 1.96. The number of fused-ring (bicyclic) bond motifs is 2. The molecule has 1 heterocycles. The van der Waals surface area contributed by atoms with Gasteiger partial charge >= 0.3 is 0 Å². The molecular weight excluding hydrogens is 284 g/mol. The molecule has 0 radical (unpaired) electrons. The van der Waals surface area contributed by atoms with Crippen LogP contribution in [0.1, 0.15) is 11.1 Å². The number of aryl methyl sites for hydroxylation is 2. The molecule has 3 nitrogen and oxygen atoms in total. The summed E-state index contributed by atoms with van der Waals surface area (Å²) in [5.74, 6) is 0.124. The van der Waals surface area contributed by atoms with Gasteiger partial charge in [0, 0.05) is 11.4 Å². The summed E-state index contributed by atoms with van der Waals surface area (Å²) in [5, 5.41) is 10.5. The molecule has 0 saturated heterocycles. The van der Waals surface area contributed by atoms with Crippen LogP contribution in [0.5, 0.6) is 5.75 Å². The number of anilines is 4. The number of nitrogens with zero attached hydrogens (tertiary/aromatic N) is 1. The van der Waals surface area contributed by atoms with E-state index in [2.05, 4.69) is 41.3 Å². The summed E-state index contributed by atoms with van der Waals surface area (Å²) in [4.78, 5) is 2.11. The molecule has 3 N–H and O–H groups in total. The number of hydrogen-bond acceptors (Lipinski definition) is 3. The molecule has 4 rings (SSSR count). The second-order valence-corrected chi connectivity index (χ2v) is 5.81. The minimum absolute atomic E-state index is 0.124. The van der Waals surface area contributed by atoms with Crippen LogP contribution in [-0.4, -0.2) is 5.11 Å². The lowest BCUT2D eigenvalue weighted by Gasteiger charge is -2.28. The van der Waals surface area contributed by atoms with Gasteiger partial charge in [-0.2, -0.15) is 0 Å². The summed E-state index contributed by atoms with van der Waals surface area (Å²) >= 11 is 0. The second-order valence-electron chi connectivity index (χ2n) is 5.81. The van der Waals surface area contributed by atoms with Gasteiger partial charge in [0.25, 0.3) is 0 Å². The molecule has 23 heavy (non-hydrogen) atoms. The first kappa shape index (κ1) is 13.7. The molecular formula is C20H18N2O. The van der Waals surface area contributed by atoms with Crippen LogP contribution in [0.4, 0.5) is 22.7 Å². The standard InChI is InChI=1S/C20H18N2O/c21-16-8-5-11-19(20(16)23)22-17-9-3-1-6-14(17)12-13-15-7-2-4-10-18(15)22/h1-11,23H,12-13,21H2. The average Bonchev–Trinajstić information content (AvgIpc) is 2.75. The molecule has 3 aromatic rings. The fraction of sp³-hybridized carbons (Fsp3) is 0.100. The van der Waals surface area contributed by atoms with Crippen LogP contribution in [0.3, 0.4) is 0 Å². The van der Waals surface area contributed by atoms with Crippen LogP contribution < -0.4 is 10.6 Å². The fourth-order valence-electron chi connectivity index (χ4n) is 3.27. The van der Waals surface area contributed by atoms with Gasteiger partial charge in [0.2, 0.25) is 0 Å². The van der Waals surface area contributed by atoms with Crippen LogP contribution in [0.2, 0.25) is 0 Å². The maximum atomic E-state index is 10.5. The van der Waals surface area contributed by atoms with Gasteiger partial charge in [-0.1, -0.05) is 42.5 Å². The zero-order chi connectivity index (χ0) is 15.8. The van der Waals surface area contributed by atoms with Crippen molar-refractivity contribution in [3.05, 3.63) is 77.9 Å². The van der Waals surface area contributed by atoms with Gasteiger partial charge in [0.15, 0.2) is 5.75 Å². The van der Waals surface area contributed by atoms with E-state index in [-0.39, 0.29) is 5.75 Å². The minimum Gasteiger partial charge on any atom is -0.504 e. The van der Waals surface area contributed by atoms with Crippen molar-refractivity contribution >= 4 is 22.7 Å². The first-order valence-corrected chi connectivity index (χ1v) is 7.79. The maximum absolute atomic E-state index is 10.5. The Hall–Kier alpha value is -2.94. The van der Waals surface area contributed by atoms with E-state index in [1.54, 1.807) is 6.07 Å². The topological polar surface area (TPSA) is 49.5 Å². The van der Waals surface area contributed by atoms with Crippen LogP contribution in [0.15, 0.2) is 66.7 Å². The summed E-state index contributed by atoms with van der Waals surface area (Å²) in [6.45, 7) is 0. The number of aromatic hydroxyl groups is 1. The zero-order valence-electron chi connectivity index (χ0n) is 12.7. The molecule has 1 aliphatic heterocycles. The van der Waals surface area contributed by atoms with Crippen molar-refractivity contribution in [2.75, 3.05) is 10.6 Å². The van der Waals surface area contributed by atoms with Crippen LogP contribution in [-0.2, 0) is 12.8 Å². The SMILES string of the molecule is Nc1cccc(N2c3ccccc3CCc3ccccc32)c1O. The largest absolute Gasteiger partial charge is 0.504 e. The van der Waals surface area contributed by atoms with Gasteiger partial charge in [0.1, 0.15) is 0 Å². The highest BCUT2D eigenvalue weighted by Crippen LogP contribution is 2.46. The molecule has 1 aliphatic rings. The molecule has 0 bridgehead atoms. The third kappa shape index (κ3) is 2.21.